The molecule has 1 aliphatic heterocycles. The predicted octanol–water partition coefficient (Wildman–Crippen LogP) is 2.94. The van der Waals surface area contributed by atoms with Crippen LogP contribution in [0.4, 0.5) is 0 Å². The predicted molar refractivity (Wildman–Crippen MR) is 82.5 cm³/mol. The van der Waals surface area contributed by atoms with Gasteiger partial charge in [0, 0.05) is 5.46 Å². The molecule has 4 heteroatoms. The second-order valence-corrected chi connectivity index (χ2v) is 6.01. The third-order valence-electron chi connectivity index (χ3n) is 4.00. The Morgan fingerprint density at radius 2 is 1.70 bits per heavy atom. The maximum Gasteiger partial charge on any atom is 0.498 e. The van der Waals surface area contributed by atoms with Crippen molar-refractivity contribution in [2.75, 3.05) is 6.61 Å². The summed E-state index contributed by atoms with van der Waals surface area (Å²) in [6.07, 6.45) is 3.94. The number of para-hydroxylation sites is 1. The summed E-state index contributed by atoms with van der Waals surface area (Å²) in [5.41, 5.74) is 0.262. The molecule has 20 heavy (non-hydrogen) atoms. The molecule has 3 nitrogen and oxygen atoms in total. The fraction of sp³-hybridized carbons (Fsp3) is 0.500. The van der Waals surface area contributed by atoms with Crippen LogP contribution in [0.25, 0.3) is 0 Å². The highest BCUT2D eigenvalue weighted by Gasteiger charge is 2.52. The Morgan fingerprint density at radius 3 is 2.30 bits per heavy atom. The Labute approximate surface area is 122 Å². The molecule has 0 N–H and O–H groups in total. The normalized spacial score (nSPS) is 20.6. The van der Waals surface area contributed by atoms with Crippen LogP contribution < -0.4 is 10.2 Å². The van der Waals surface area contributed by atoms with Gasteiger partial charge < -0.3 is 14.0 Å². The molecule has 0 saturated carbocycles. The molecule has 1 heterocycles. The average Bonchev–Trinajstić information content (AvgIpc) is 2.59. The van der Waals surface area contributed by atoms with E-state index in [1.807, 2.05) is 43.3 Å². The minimum absolute atomic E-state index is 0.339. The van der Waals surface area contributed by atoms with Gasteiger partial charge in [-0.3, -0.25) is 0 Å². The highest BCUT2D eigenvalue weighted by Crippen LogP contribution is 2.37. The average molecular weight is 274 g/mol. The smallest absolute Gasteiger partial charge is 0.490 e. The Balaban J connectivity index is 2.22. The van der Waals surface area contributed by atoms with Gasteiger partial charge in [0.15, 0.2) is 0 Å². The van der Waals surface area contributed by atoms with Crippen LogP contribution in [0.5, 0.6) is 5.75 Å². The summed E-state index contributed by atoms with van der Waals surface area (Å²) in [6, 6.07) is 7.87. The molecule has 0 aromatic heterocycles. The standard InChI is InChI=1S/C16H23BO3/c1-6-7-12-18-14-11-9-8-10-13(14)17-19-15(2,3)16(4,5)20-17/h6-11H,12H2,1-5H3. The molecular weight excluding hydrogens is 251 g/mol. The summed E-state index contributed by atoms with van der Waals surface area (Å²) in [6.45, 7) is 10.7. The van der Waals surface area contributed by atoms with Gasteiger partial charge >= 0.3 is 7.12 Å². The zero-order valence-electron chi connectivity index (χ0n) is 13.0. The molecule has 1 saturated heterocycles. The molecule has 0 aliphatic carbocycles. The van der Waals surface area contributed by atoms with Crippen LogP contribution in [0.15, 0.2) is 36.4 Å². The molecule has 0 spiro atoms. The largest absolute Gasteiger partial charge is 0.498 e. The summed E-state index contributed by atoms with van der Waals surface area (Å²) in [4.78, 5) is 0. The summed E-state index contributed by atoms with van der Waals surface area (Å²) in [5.74, 6) is 0.809. The SMILES string of the molecule is CC=CCOc1ccccc1B1OC(C)(C)C(C)(C)O1. The molecular formula is C16H23BO3. The van der Waals surface area contributed by atoms with Gasteiger partial charge in [0.25, 0.3) is 0 Å². The first-order valence-electron chi connectivity index (χ1n) is 7.06. The third kappa shape index (κ3) is 2.91. The number of ether oxygens (including phenoxy) is 1. The van der Waals surface area contributed by atoms with Gasteiger partial charge in [0.2, 0.25) is 0 Å². The van der Waals surface area contributed by atoms with Crippen LogP contribution >= 0.6 is 0 Å². The lowest BCUT2D eigenvalue weighted by atomic mass is 9.78. The van der Waals surface area contributed by atoms with Gasteiger partial charge in [0.1, 0.15) is 12.4 Å². The molecule has 0 amide bonds. The maximum absolute atomic E-state index is 6.08. The minimum atomic E-state index is -0.387. The van der Waals surface area contributed by atoms with Crippen LogP contribution in [-0.4, -0.2) is 24.9 Å². The van der Waals surface area contributed by atoms with E-state index in [4.69, 9.17) is 14.0 Å². The van der Waals surface area contributed by atoms with Gasteiger partial charge in [-0.1, -0.05) is 30.4 Å². The first-order valence-corrected chi connectivity index (χ1v) is 7.06. The van der Waals surface area contributed by atoms with Gasteiger partial charge in [-0.05, 0) is 40.7 Å². The number of rotatable bonds is 4. The molecule has 0 atom stereocenters. The van der Waals surface area contributed by atoms with E-state index in [0.29, 0.717) is 6.61 Å². The lowest BCUT2D eigenvalue weighted by Crippen LogP contribution is -2.41. The van der Waals surface area contributed by atoms with E-state index in [0.717, 1.165) is 11.2 Å². The summed E-state index contributed by atoms with van der Waals surface area (Å²) >= 11 is 0. The van der Waals surface area contributed by atoms with Gasteiger partial charge in [-0.15, -0.1) is 0 Å². The highest BCUT2D eigenvalue weighted by molar-refractivity contribution is 6.63. The number of hydrogen-bond acceptors (Lipinski definition) is 3. The second-order valence-electron chi connectivity index (χ2n) is 6.01. The van der Waals surface area contributed by atoms with Crippen molar-refractivity contribution >= 4 is 12.6 Å². The third-order valence-corrected chi connectivity index (χ3v) is 4.00. The molecule has 1 aromatic carbocycles. The Kier molecular flexibility index (Phi) is 4.26. The van der Waals surface area contributed by atoms with Crippen LogP contribution in [-0.2, 0) is 9.31 Å². The van der Waals surface area contributed by atoms with E-state index < -0.39 is 0 Å². The van der Waals surface area contributed by atoms with Crippen molar-refractivity contribution in [2.45, 2.75) is 45.8 Å². The Bertz CT molecular complexity index is 478. The quantitative estimate of drug-likeness (QED) is 0.624. The van der Waals surface area contributed by atoms with E-state index in [2.05, 4.69) is 27.7 Å². The lowest BCUT2D eigenvalue weighted by Gasteiger charge is -2.32. The van der Waals surface area contributed by atoms with Gasteiger partial charge in [-0.2, -0.15) is 0 Å². The van der Waals surface area contributed by atoms with Crippen molar-refractivity contribution in [3.63, 3.8) is 0 Å². The highest BCUT2D eigenvalue weighted by atomic mass is 16.7. The topological polar surface area (TPSA) is 27.7 Å². The van der Waals surface area contributed by atoms with E-state index in [1.165, 1.54) is 0 Å². The van der Waals surface area contributed by atoms with E-state index in [-0.39, 0.29) is 18.3 Å². The zero-order valence-corrected chi connectivity index (χ0v) is 13.0. The summed E-state index contributed by atoms with van der Waals surface area (Å²) in [7, 11) is -0.387. The molecule has 2 rings (SSSR count). The first kappa shape index (κ1) is 15.1. The first-order chi connectivity index (χ1) is 9.37. The maximum atomic E-state index is 6.08. The van der Waals surface area contributed by atoms with Crippen molar-refractivity contribution in [3.05, 3.63) is 36.4 Å². The van der Waals surface area contributed by atoms with Crippen molar-refractivity contribution in [2.24, 2.45) is 0 Å². The second kappa shape index (κ2) is 5.62. The fourth-order valence-electron chi connectivity index (χ4n) is 2.01. The van der Waals surface area contributed by atoms with Crippen LogP contribution in [0.1, 0.15) is 34.6 Å². The zero-order chi connectivity index (χ0) is 14.8. The summed E-state index contributed by atoms with van der Waals surface area (Å²) in [5, 5.41) is 0. The molecule has 1 aromatic rings. The Morgan fingerprint density at radius 1 is 1.10 bits per heavy atom. The monoisotopic (exact) mass is 274 g/mol. The molecule has 1 fully saturated rings. The van der Waals surface area contributed by atoms with E-state index in [1.54, 1.807) is 0 Å². The molecule has 0 bridgehead atoms. The molecule has 0 radical (unpaired) electrons. The number of hydrogen-bond donors (Lipinski definition) is 0. The van der Waals surface area contributed by atoms with E-state index in [9.17, 15) is 0 Å². The molecule has 108 valence electrons. The van der Waals surface area contributed by atoms with E-state index >= 15 is 0 Å². The molecule has 0 unspecified atom stereocenters. The van der Waals surface area contributed by atoms with Gasteiger partial charge in [0.05, 0.1) is 11.2 Å². The number of allylic oxidation sites excluding steroid dienone is 1. The fourth-order valence-corrected chi connectivity index (χ4v) is 2.01. The number of benzene rings is 1. The van der Waals surface area contributed by atoms with Crippen molar-refractivity contribution in [1.82, 2.24) is 0 Å². The van der Waals surface area contributed by atoms with Crippen LogP contribution in [0.3, 0.4) is 0 Å². The van der Waals surface area contributed by atoms with Crippen LogP contribution in [0, 0.1) is 0 Å². The van der Waals surface area contributed by atoms with Crippen molar-refractivity contribution in [3.8, 4) is 5.75 Å². The van der Waals surface area contributed by atoms with Gasteiger partial charge in [-0.25, -0.2) is 0 Å². The molecule has 1 aliphatic rings. The van der Waals surface area contributed by atoms with Crippen molar-refractivity contribution < 1.29 is 14.0 Å². The summed E-state index contributed by atoms with van der Waals surface area (Å²) < 4.78 is 17.9. The minimum Gasteiger partial charge on any atom is -0.490 e. The Hall–Kier alpha value is -1.26. The van der Waals surface area contributed by atoms with Crippen molar-refractivity contribution in [1.29, 1.82) is 0 Å². The van der Waals surface area contributed by atoms with Crippen LogP contribution in [0.2, 0.25) is 0 Å². The lowest BCUT2D eigenvalue weighted by molar-refractivity contribution is 0.00578.